The molecule has 2 aliphatic heterocycles. The number of hydrogen-bond acceptors (Lipinski definition) is 1. The van der Waals surface area contributed by atoms with Gasteiger partial charge in [-0.05, 0) is 35.9 Å². The van der Waals surface area contributed by atoms with Gasteiger partial charge in [0.25, 0.3) is 0 Å². The average Bonchev–Trinajstić information content (AvgIpc) is 3.01. The highest BCUT2D eigenvalue weighted by molar-refractivity contribution is 6.00. The summed E-state index contributed by atoms with van der Waals surface area (Å²) in [6, 6.07) is 25.4. The van der Waals surface area contributed by atoms with E-state index in [0.29, 0.717) is 6.54 Å². The quantitative estimate of drug-likeness (QED) is 0.420. The third-order valence-electron chi connectivity index (χ3n) is 4.69. The van der Waals surface area contributed by atoms with Crippen LogP contribution in [0.25, 0.3) is 33.2 Å². The highest BCUT2D eigenvalue weighted by Crippen LogP contribution is 2.35. The van der Waals surface area contributed by atoms with E-state index in [-0.39, 0.29) is 5.82 Å². The van der Waals surface area contributed by atoms with Crippen molar-refractivity contribution in [3.63, 3.8) is 0 Å². The molecule has 5 rings (SSSR count). The fraction of sp³-hybridized carbons (Fsp3) is 0.0455. The highest BCUT2D eigenvalue weighted by Gasteiger charge is 2.18. The smallest absolute Gasteiger partial charge is 0.123 e. The van der Waals surface area contributed by atoms with Crippen LogP contribution in [0.4, 0.5) is 4.39 Å². The summed E-state index contributed by atoms with van der Waals surface area (Å²) in [4.78, 5) is 4.80. The van der Waals surface area contributed by atoms with Gasteiger partial charge in [-0.2, -0.15) is 0 Å². The lowest BCUT2D eigenvalue weighted by Gasteiger charge is -2.17. The summed E-state index contributed by atoms with van der Waals surface area (Å²) >= 11 is 0. The van der Waals surface area contributed by atoms with Crippen molar-refractivity contribution < 1.29 is 4.39 Å². The van der Waals surface area contributed by atoms with Gasteiger partial charge in [-0.1, -0.05) is 48.5 Å². The van der Waals surface area contributed by atoms with Crippen molar-refractivity contribution >= 4 is 21.8 Å². The molecule has 0 N–H and O–H groups in total. The maximum atomic E-state index is 13.3. The van der Waals surface area contributed by atoms with Gasteiger partial charge in [-0.25, -0.2) is 9.37 Å². The lowest BCUT2D eigenvalue weighted by Crippen LogP contribution is -2.06. The number of halogens is 1. The number of pyridine rings is 1. The number of fused-ring (bicyclic) bond motifs is 4. The van der Waals surface area contributed by atoms with Crippen LogP contribution in [-0.4, -0.2) is 9.55 Å². The molecule has 3 aromatic carbocycles. The number of para-hydroxylation sites is 2. The predicted octanol–water partition coefficient (Wildman–Crippen LogP) is 5.48. The molecule has 0 atom stereocenters. The molecule has 0 fully saturated rings. The van der Waals surface area contributed by atoms with E-state index in [9.17, 15) is 4.39 Å². The molecule has 0 radical (unpaired) electrons. The Morgan fingerprint density at radius 3 is 2.48 bits per heavy atom. The van der Waals surface area contributed by atoms with E-state index in [4.69, 9.17) is 4.98 Å². The zero-order chi connectivity index (χ0) is 16.8. The summed E-state index contributed by atoms with van der Waals surface area (Å²) in [5.74, 6) is -0.211. The average molecular weight is 326 g/mol. The minimum atomic E-state index is -0.211. The van der Waals surface area contributed by atoms with Gasteiger partial charge in [-0.15, -0.1) is 0 Å². The number of hydrogen-bond donors (Lipinski definition) is 0. The first-order valence-electron chi connectivity index (χ1n) is 8.31. The molecule has 0 saturated carbocycles. The second-order valence-corrected chi connectivity index (χ2v) is 6.28. The molecule has 25 heavy (non-hydrogen) atoms. The molecular formula is C22H15FN2. The standard InChI is InChI=1S/C22H15FN2/c23-17-11-9-15(10-12-17)14-25-21-8-4-1-5-16(21)13-20-22(25)18-6-2-3-7-19(18)24-20/h1-13H,14H2. The van der Waals surface area contributed by atoms with Crippen LogP contribution in [0.15, 0.2) is 78.9 Å². The molecule has 2 heterocycles. The first-order chi connectivity index (χ1) is 12.3. The molecule has 2 aliphatic rings. The number of nitrogens with zero attached hydrogens (tertiary/aromatic N) is 2. The van der Waals surface area contributed by atoms with Crippen LogP contribution in [0.2, 0.25) is 0 Å². The molecule has 0 bridgehead atoms. The third-order valence-corrected chi connectivity index (χ3v) is 4.69. The second-order valence-electron chi connectivity index (χ2n) is 6.28. The fourth-order valence-electron chi connectivity index (χ4n) is 3.54. The van der Waals surface area contributed by atoms with Crippen molar-refractivity contribution in [1.29, 1.82) is 0 Å². The zero-order valence-electron chi connectivity index (χ0n) is 13.5. The van der Waals surface area contributed by atoms with Crippen LogP contribution in [0, 0.1) is 5.82 Å². The van der Waals surface area contributed by atoms with Crippen LogP contribution in [-0.2, 0) is 6.54 Å². The molecule has 0 aromatic heterocycles. The molecule has 3 aromatic rings. The van der Waals surface area contributed by atoms with Gasteiger partial charge in [0.15, 0.2) is 0 Å². The van der Waals surface area contributed by atoms with Gasteiger partial charge in [-0.3, -0.25) is 0 Å². The predicted molar refractivity (Wildman–Crippen MR) is 99.4 cm³/mol. The lowest BCUT2D eigenvalue weighted by atomic mass is 10.1. The Balaban J connectivity index is 1.84. The van der Waals surface area contributed by atoms with E-state index < -0.39 is 0 Å². The van der Waals surface area contributed by atoms with Gasteiger partial charge in [0.05, 0.1) is 16.9 Å². The minimum absolute atomic E-state index is 0.211. The molecule has 0 spiro atoms. The summed E-state index contributed by atoms with van der Waals surface area (Å²) in [5.41, 5.74) is 5.33. The van der Waals surface area contributed by atoms with E-state index in [0.717, 1.165) is 38.8 Å². The van der Waals surface area contributed by atoms with Gasteiger partial charge in [0.1, 0.15) is 5.82 Å². The molecule has 0 aliphatic carbocycles. The van der Waals surface area contributed by atoms with Crippen molar-refractivity contribution in [3.05, 3.63) is 90.2 Å². The van der Waals surface area contributed by atoms with Crippen molar-refractivity contribution in [2.75, 3.05) is 0 Å². The first kappa shape index (κ1) is 14.2. The van der Waals surface area contributed by atoms with E-state index in [1.807, 2.05) is 42.5 Å². The lowest BCUT2D eigenvalue weighted by molar-refractivity contribution is 0.626. The first-order valence-corrected chi connectivity index (χ1v) is 8.31. The molecule has 120 valence electrons. The number of benzene rings is 3. The topological polar surface area (TPSA) is 17.8 Å². The molecular weight excluding hydrogens is 311 g/mol. The maximum Gasteiger partial charge on any atom is 0.123 e. The number of rotatable bonds is 2. The molecule has 3 heteroatoms. The molecule has 0 unspecified atom stereocenters. The molecule has 2 nitrogen and oxygen atoms in total. The fourth-order valence-corrected chi connectivity index (χ4v) is 3.54. The van der Waals surface area contributed by atoms with Crippen molar-refractivity contribution in [1.82, 2.24) is 9.55 Å². The van der Waals surface area contributed by atoms with Crippen LogP contribution >= 0.6 is 0 Å². The summed E-state index contributed by atoms with van der Waals surface area (Å²) < 4.78 is 15.6. The minimum Gasteiger partial charge on any atom is -0.334 e. The number of aromatic nitrogens is 2. The second kappa shape index (κ2) is 5.42. The third kappa shape index (κ3) is 2.28. The Kier molecular flexibility index (Phi) is 3.07. The van der Waals surface area contributed by atoms with Crippen LogP contribution in [0.5, 0.6) is 0 Å². The Labute approximate surface area is 144 Å². The zero-order valence-corrected chi connectivity index (χ0v) is 13.5. The largest absolute Gasteiger partial charge is 0.334 e. The Bertz CT molecular complexity index is 1170. The van der Waals surface area contributed by atoms with Crippen LogP contribution in [0.1, 0.15) is 5.56 Å². The van der Waals surface area contributed by atoms with Gasteiger partial charge >= 0.3 is 0 Å². The highest BCUT2D eigenvalue weighted by atomic mass is 19.1. The maximum absolute atomic E-state index is 13.3. The monoisotopic (exact) mass is 326 g/mol. The Hall–Kier alpha value is -3.20. The van der Waals surface area contributed by atoms with Gasteiger partial charge < -0.3 is 4.57 Å². The Morgan fingerprint density at radius 1 is 0.840 bits per heavy atom. The van der Waals surface area contributed by atoms with E-state index in [1.165, 1.54) is 12.1 Å². The van der Waals surface area contributed by atoms with Gasteiger partial charge in [0.2, 0.25) is 0 Å². The summed E-state index contributed by atoms with van der Waals surface area (Å²) in [5, 5.41) is 2.30. The van der Waals surface area contributed by atoms with Gasteiger partial charge in [0, 0.05) is 22.8 Å². The van der Waals surface area contributed by atoms with E-state index in [1.54, 1.807) is 0 Å². The summed E-state index contributed by atoms with van der Waals surface area (Å²) in [6.45, 7) is 0.674. The summed E-state index contributed by atoms with van der Waals surface area (Å²) in [7, 11) is 0. The SMILES string of the molecule is Fc1ccc(Cn2c3c4ccccc4nc-3cc3ccccc32)cc1. The summed E-state index contributed by atoms with van der Waals surface area (Å²) in [6.07, 6.45) is 0. The van der Waals surface area contributed by atoms with E-state index >= 15 is 0 Å². The molecule has 0 amide bonds. The van der Waals surface area contributed by atoms with Crippen LogP contribution in [0.3, 0.4) is 0 Å². The normalized spacial score (nSPS) is 11.6. The van der Waals surface area contributed by atoms with Crippen molar-refractivity contribution in [2.45, 2.75) is 6.54 Å². The Morgan fingerprint density at radius 2 is 1.60 bits per heavy atom. The van der Waals surface area contributed by atoms with Crippen molar-refractivity contribution in [3.8, 4) is 11.4 Å². The van der Waals surface area contributed by atoms with Crippen LogP contribution < -0.4 is 0 Å². The van der Waals surface area contributed by atoms with Crippen molar-refractivity contribution in [2.24, 2.45) is 0 Å². The molecule has 0 saturated heterocycles. The van der Waals surface area contributed by atoms with E-state index in [2.05, 4.69) is 28.8 Å².